The van der Waals surface area contributed by atoms with Crippen LogP contribution >= 0.6 is 0 Å². The van der Waals surface area contributed by atoms with Gasteiger partial charge in [-0.2, -0.15) is 5.26 Å². The second kappa shape index (κ2) is 9.01. The summed E-state index contributed by atoms with van der Waals surface area (Å²) in [5.74, 6) is 0.589. The van der Waals surface area contributed by atoms with Crippen molar-refractivity contribution in [2.24, 2.45) is 11.8 Å². The third-order valence-electron chi connectivity index (χ3n) is 6.37. The molecule has 2 aliphatic rings. The van der Waals surface area contributed by atoms with Gasteiger partial charge in [0.15, 0.2) is 0 Å². The first-order valence-corrected chi connectivity index (χ1v) is 11.7. The smallest absolute Gasteiger partial charge is 0.408 e. The van der Waals surface area contributed by atoms with Crippen LogP contribution in [0, 0.1) is 23.2 Å². The lowest BCUT2D eigenvalue weighted by molar-refractivity contribution is -0.136. The van der Waals surface area contributed by atoms with Crippen molar-refractivity contribution in [2.75, 3.05) is 13.1 Å². The number of benzene rings is 1. The summed E-state index contributed by atoms with van der Waals surface area (Å²) in [5.41, 5.74) is 1.76. The van der Waals surface area contributed by atoms with Crippen molar-refractivity contribution in [3.8, 4) is 6.07 Å². The maximum atomic E-state index is 13.6. The molecule has 1 N–H and O–H groups in total. The maximum Gasteiger partial charge on any atom is 0.408 e. The van der Waals surface area contributed by atoms with Gasteiger partial charge >= 0.3 is 6.09 Å². The molecule has 1 aromatic heterocycles. The molecule has 33 heavy (non-hydrogen) atoms. The predicted octanol–water partition coefficient (Wildman–Crippen LogP) is 4.36. The minimum absolute atomic E-state index is 0.0315. The molecule has 1 saturated carbocycles. The van der Waals surface area contributed by atoms with E-state index in [4.69, 9.17) is 4.74 Å². The molecule has 0 radical (unpaired) electrons. The highest BCUT2D eigenvalue weighted by molar-refractivity contribution is 5.88. The molecule has 2 heterocycles. The lowest BCUT2D eigenvalue weighted by atomic mass is 9.83. The second-order valence-corrected chi connectivity index (χ2v) is 10.5. The van der Waals surface area contributed by atoms with E-state index in [1.165, 1.54) is 0 Å². The number of ether oxygens (including phenoxy) is 1. The van der Waals surface area contributed by atoms with Crippen LogP contribution in [0.1, 0.15) is 64.0 Å². The number of rotatable bonds is 4. The Bertz CT molecular complexity index is 1100. The fourth-order valence-electron chi connectivity index (χ4n) is 4.84. The fourth-order valence-corrected chi connectivity index (χ4v) is 4.84. The zero-order valence-corrected chi connectivity index (χ0v) is 19.8. The monoisotopic (exact) mass is 448 g/mol. The van der Waals surface area contributed by atoms with E-state index >= 15 is 0 Å². The lowest BCUT2D eigenvalue weighted by Gasteiger charge is -2.39. The van der Waals surface area contributed by atoms with E-state index in [9.17, 15) is 14.9 Å². The van der Waals surface area contributed by atoms with Crippen LogP contribution in [0.25, 0.3) is 10.9 Å². The van der Waals surface area contributed by atoms with Crippen LogP contribution < -0.4 is 5.32 Å². The van der Waals surface area contributed by atoms with Crippen LogP contribution in [-0.2, 0) is 9.53 Å². The first-order valence-electron chi connectivity index (χ1n) is 11.7. The quantitative estimate of drug-likeness (QED) is 0.750. The van der Waals surface area contributed by atoms with E-state index in [0.29, 0.717) is 30.1 Å². The Morgan fingerprint density at radius 3 is 2.67 bits per heavy atom. The molecule has 3 atom stereocenters. The minimum Gasteiger partial charge on any atom is -0.444 e. The number of nitrogens with zero attached hydrogens (tertiary/aromatic N) is 3. The van der Waals surface area contributed by atoms with E-state index in [0.717, 1.165) is 30.2 Å². The first-order chi connectivity index (χ1) is 15.7. The van der Waals surface area contributed by atoms with Gasteiger partial charge in [-0.05, 0) is 69.6 Å². The number of nitrogens with one attached hydrogen (secondary N) is 1. The molecule has 2 amide bonds. The van der Waals surface area contributed by atoms with Crippen molar-refractivity contribution in [3.63, 3.8) is 0 Å². The molecule has 7 heteroatoms. The van der Waals surface area contributed by atoms with Gasteiger partial charge in [-0.25, -0.2) is 4.79 Å². The summed E-state index contributed by atoms with van der Waals surface area (Å²) in [4.78, 5) is 32.3. The van der Waals surface area contributed by atoms with Gasteiger partial charge < -0.3 is 15.0 Å². The van der Waals surface area contributed by atoms with E-state index in [1.54, 1.807) is 6.20 Å². The molecule has 2 fully saturated rings. The van der Waals surface area contributed by atoms with E-state index < -0.39 is 17.7 Å². The Kier molecular flexibility index (Phi) is 6.29. The Morgan fingerprint density at radius 2 is 2.00 bits per heavy atom. The van der Waals surface area contributed by atoms with Crippen LogP contribution in [0.3, 0.4) is 0 Å². The SMILES string of the molecule is C[C@H]1C[C@H](c2ccc(C#N)c3ncccc23)CN(C(=O)C(NC(=O)OC(C)(C)C)C2CC2)C1. The summed E-state index contributed by atoms with van der Waals surface area (Å²) in [5, 5.41) is 13.3. The van der Waals surface area contributed by atoms with E-state index in [-0.39, 0.29) is 17.7 Å². The van der Waals surface area contributed by atoms with Gasteiger partial charge in [-0.3, -0.25) is 9.78 Å². The first kappa shape index (κ1) is 23.0. The number of hydrogen-bond donors (Lipinski definition) is 1. The highest BCUT2D eigenvalue weighted by Crippen LogP contribution is 2.37. The molecular weight excluding hydrogens is 416 g/mol. The number of nitriles is 1. The highest BCUT2D eigenvalue weighted by atomic mass is 16.6. The molecule has 1 aliphatic carbocycles. The highest BCUT2D eigenvalue weighted by Gasteiger charge is 2.42. The van der Waals surface area contributed by atoms with Gasteiger partial charge in [0, 0.05) is 30.6 Å². The van der Waals surface area contributed by atoms with Crippen molar-refractivity contribution in [1.82, 2.24) is 15.2 Å². The van der Waals surface area contributed by atoms with Crippen molar-refractivity contribution in [1.29, 1.82) is 5.26 Å². The van der Waals surface area contributed by atoms with Crippen LogP contribution in [0.5, 0.6) is 0 Å². The molecule has 1 aliphatic heterocycles. The van der Waals surface area contributed by atoms with E-state index in [2.05, 4.69) is 23.3 Å². The maximum absolute atomic E-state index is 13.6. The minimum atomic E-state index is -0.614. The molecule has 1 aromatic carbocycles. The van der Waals surface area contributed by atoms with Crippen LogP contribution in [0.15, 0.2) is 30.5 Å². The lowest BCUT2D eigenvalue weighted by Crippen LogP contribution is -2.53. The van der Waals surface area contributed by atoms with Gasteiger partial charge in [0.05, 0.1) is 11.1 Å². The summed E-state index contributed by atoms with van der Waals surface area (Å²) in [6.07, 6.45) is 3.98. The van der Waals surface area contributed by atoms with Gasteiger partial charge in [0.1, 0.15) is 17.7 Å². The van der Waals surface area contributed by atoms with Crippen LogP contribution in [-0.4, -0.2) is 46.6 Å². The largest absolute Gasteiger partial charge is 0.444 e. The number of aromatic nitrogens is 1. The Labute approximate surface area is 195 Å². The molecule has 0 spiro atoms. The zero-order valence-electron chi connectivity index (χ0n) is 19.8. The topological polar surface area (TPSA) is 95.3 Å². The van der Waals surface area contributed by atoms with Gasteiger partial charge in [0.2, 0.25) is 5.91 Å². The number of alkyl carbamates (subject to hydrolysis) is 1. The van der Waals surface area contributed by atoms with Gasteiger partial charge in [-0.15, -0.1) is 0 Å². The molecule has 7 nitrogen and oxygen atoms in total. The molecule has 4 rings (SSSR count). The van der Waals surface area contributed by atoms with Crippen LogP contribution in [0.2, 0.25) is 0 Å². The van der Waals surface area contributed by atoms with Crippen LogP contribution in [0.4, 0.5) is 4.79 Å². The van der Waals surface area contributed by atoms with E-state index in [1.807, 2.05) is 49.9 Å². The molecule has 1 saturated heterocycles. The number of pyridine rings is 1. The summed E-state index contributed by atoms with van der Waals surface area (Å²) in [6, 6.07) is 9.39. The van der Waals surface area contributed by atoms with Gasteiger partial charge in [0.25, 0.3) is 0 Å². The third-order valence-corrected chi connectivity index (χ3v) is 6.37. The summed E-state index contributed by atoms with van der Waals surface area (Å²) < 4.78 is 5.41. The van der Waals surface area contributed by atoms with Crippen molar-refractivity contribution >= 4 is 22.9 Å². The number of likely N-dealkylation sites (tertiary alicyclic amines) is 1. The Balaban J connectivity index is 1.56. The predicted molar refractivity (Wildman–Crippen MR) is 125 cm³/mol. The van der Waals surface area contributed by atoms with Gasteiger partial charge in [-0.1, -0.05) is 19.1 Å². The average Bonchev–Trinajstić information content (AvgIpc) is 3.60. The second-order valence-electron chi connectivity index (χ2n) is 10.5. The standard InChI is InChI=1S/C26H32N4O3/c1-16-12-19(20-10-9-18(13-27)22-21(20)6-5-11-28-22)15-30(14-16)24(31)23(17-7-8-17)29-25(32)33-26(2,3)4/h5-6,9-11,16-17,19,23H,7-8,12,14-15H2,1-4H3,(H,29,32)/t16-,19-,23?/m0/s1. The number of hydrogen-bond acceptors (Lipinski definition) is 5. The molecular formula is C26H32N4O3. The average molecular weight is 449 g/mol. The Hall–Kier alpha value is -3.14. The third kappa shape index (κ3) is 5.27. The number of amides is 2. The summed E-state index contributed by atoms with van der Waals surface area (Å²) in [6.45, 7) is 8.85. The van der Waals surface area contributed by atoms with Crippen molar-refractivity contribution < 1.29 is 14.3 Å². The summed E-state index contributed by atoms with van der Waals surface area (Å²) in [7, 11) is 0. The zero-order chi connectivity index (χ0) is 23.8. The number of fused-ring (bicyclic) bond motifs is 1. The number of carbonyl (C=O) groups excluding carboxylic acids is 2. The fraction of sp³-hybridized carbons (Fsp3) is 0.538. The molecule has 2 aromatic rings. The summed E-state index contributed by atoms with van der Waals surface area (Å²) >= 11 is 0. The normalized spacial score (nSPS) is 21.8. The molecule has 174 valence electrons. The van der Waals surface area contributed by atoms with Crippen molar-refractivity contribution in [3.05, 3.63) is 41.6 Å². The van der Waals surface area contributed by atoms with Crippen molar-refractivity contribution in [2.45, 2.75) is 64.5 Å². The number of piperidine rings is 1. The number of carbonyl (C=O) groups is 2. The Morgan fingerprint density at radius 1 is 1.24 bits per heavy atom. The molecule has 0 bridgehead atoms. The molecule has 1 unspecified atom stereocenters.